The van der Waals surface area contributed by atoms with Crippen LogP contribution >= 0.6 is 0 Å². The molecule has 1 heterocycles. The average molecular weight is 220 g/mol. The Kier molecular flexibility index (Phi) is 3.67. The molecule has 88 valence electrons. The molecule has 0 aromatic heterocycles. The van der Waals surface area contributed by atoms with Gasteiger partial charge in [-0.05, 0) is 43.7 Å². The topological polar surface area (TPSA) is 24.5 Å². The minimum Gasteiger partial charge on any atom is -0.493 e. The Morgan fingerprint density at radius 1 is 1.44 bits per heavy atom. The van der Waals surface area contributed by atoms with Crippen LogP contribution in [0.15, 0.2) is 18.2 Å². The molecule has 0 unspecified atom stereocenters. The summed E-state index contributed by atoms with van der Waals surface area (Å²) in [5.41, 5.74) is 2.62. The van der Waals surface area contributed by atoms with Crippen LogP contribution in [-0.4, -0.2) is 33.8 Å². The first-order valence-electron chi connectivity index (χ1n) is 5.92. The monoisotopic (exact) mass is 220 g/mol. The molecule has 1 aliphatic heterocycles. The van der Waals surface area contributed by atoms with Gasteiger partial charge in [-0.1, -0.05) is 0 Å². The van der Waals surface area contributed by atoms with Crippen LogP contribution in [0.5, 0.6) is 5.75 Å². The Morgan fingerprint density at radius 2 is 2.31 bits per heavy atom. The first-order valence-corrected chi connectivity index (χ1v) is 5.92. The van der Waals surface area contributed by atoms with E-state index >= 15 is 0 Å². The molecule has 0 bridgehead atoms. The Hall–Kier alpha value is -1.22. The van der Waals surface area contributed by atoms with Crippen molar-refractivity contribution < 1.29 is 4.74 Å². The smallest absolute Gasteiger partial charge is 0.122 e. The molecule has 3 heteroatoms. The summed E-state index contributed by atoms with van der Waals surface area (Å²) in [6.45, 7) is 2.89. The van der Waals surface area contributed by atoms with Crippen molar-refractivity contribution in [3.63, 3.8) is 0 Å². The van der Waals surface area contributed by atoms with Crippen LogP contribution in [0.4, 0.5) is 5.69 Å². The fourth-order valence-corrected chi connectivity index (χ4v) is 1.99. The third kappa shape index (κ3) is 2.47. The van der Waals surface area contributed by atoms with Crippen molar-refractivity contribution in [1.82, 2.24) is 5.32 Å². The lowest BCUT2D eigenvalue weighted by atomic mass is 10.1. The number of benzene rings is 1. The van der Waals surface area contributed by atoms with Gasteiger partial charge >= 0.3 is 0 Å². The number of rotatable bonds is 4. The second-order valence-electron chi connectivity index (χ2n) is 4.27. The van der Waals surface area contributed by atoms with Gasteiger partial charge in [-0.3, -0.25) is 0 Å². The van der Waals surface area contributed by atoms with E-state index in [1.165, 1.54) is 11.3 Å². The third-order valence-corrected chi connectivity index (χ3v) is 3.03. The minimum absolute atomic E-state index is 0.863. The Balaban J connectivity index is 2.10. The second kappa shape index (κ2) is 5.21. The number of nitrogens with zero attached hydrogens (tertiary/aromatic N) is 1. The average Bonchev–Trinajstić information content (AvgIpc) is 2.35. The van der Waals surface area contributed by atoms with Crippen molar-refractivity contribution in [1.29, 1.82) is 0 Å². The molecule has 3 nitrogen and oxygen atoms in total. The molecule has 0 amide bonds. The van der Waals surface area contributed by atoms with Gasteiger partial charge in [0, 0.05) is 25.8 Å². The van der Waals surface area contributed by atoms with E-state index in [4.69, 9.17) is 4.74 Å². The van der Waals surface area contributed by atoms with E-state index in [0.29, 0.717) is 0 Å². The Bertz CT molecular complexity index is 352. The highest BCUT2D eigenvalue weighted by atomic mass is 16.5. The predicted octanol–water partition coefficient (Wildman–Crippen LogP) is 1.67. The van der Waals surface area contributed by atoms with Gasteiger partial charge in [0.1, 0.15) is 5.75 Å². The summed E-state index contributed by atoms with van der Waals surface area (Å²) < 4.78 is 5.61. The zero-order valence-electron chi connectivity index (χ0n) is 10.1. The molecule has 16 heavy (non-hydrogen) atoms. The van der Waals surface area contributed by atoms with E-state index < -0.39 is 0 Å². The maximum absolute atomic E-state index is 5.61. The van der Waals surface area contributed by atoms with Crippen LogP contribution in [0.3, 0.4) is 0 Å². The quantitative estimate of drug-likeness (QED) is 0.835. The fraction of sp³-hybridized carbons (Fsp3) is 0.538. The van der Waals surface area contributed by atoms with Gasteiger partial charge in [-0.2, -0.15) is 0 Å². The van der Waals surface area contributed by atoms with Gasteiger partial charge in [0.15, 0.2) is 0 Å². The van der Waals surface area contributed by atoms with Gasteiger partial charge in [0.25, 0.3) is 0 Å². The SMILES string of the molecule is CNCCN(C)c1ccc2c(c1)CCCO2. The normalized spacial score (nSPS) is 14.1. The van der Waals surface area contributed by atoms with Crippen LogP contribution < -0.4 is 15.0 Å². The van der Waals surface area contributed by atoms with Crippen LogP contribution in [-0.2, 0) is 6.42 Å². The summed E-state index contributed by atoms with van der Waals surface area (Å²) in [5.74, 6) is 1.07. The summed E-state index contributed by atoms with van der Waals surface area (Å²) in [7, 11) is 4.11. The number of fused-ring (bicyclic) bond motifs is 1. The van der Waals surface area contributed by atoms with Crippen molar-refractivity contribution in [3.8, 4) is 5.75 Å². The van der Waals surface area contributed by atoms with Gasteiger partial charge in [-0.15, -0.1) is 0 Å². The molecule has 1 N–H and O–H groups in total. The zero-order chi connectivity index (χ0) is 11.4. The van der Waals surface area contributed by atoms with Crippen molar-refractivity contribution in [2.45, 2.75) is 12.8 Å². The van der Waals surface area contributed by atoms with E-state index in [1.807, 2.05) is 7.05 Å². The van der Waals surface area contributed by atoms with Gasteiger partial charge in [0.2, 0.25) is 0 Å². The van der Waals surface area contributed by atoms with E-state index in [-0.39, 0.29) is 0 Å². The number of aryl methyl sites for hydroxylation is 1. The van der Waals surface area contributed by atoms with Crippen molar-refractivity contribution in [3.05, 3.63) is 23.8 Å². The maximum Gasteiger partial charge on any atom is 0.122 e. The zero-order valence-corrected chi connectivity index (χ0v) is 10.1. The molecule has 0 radical (unpaired) electrons. The van der Waals surface area contributed by atoms with Gasteiger partial charge < -0.3 is 15.0 Å². The van der Waals surface area contributed by atoms with Crippen LogP contribution in [0.1, 0.15) is 12.0 Å². The lowest BCUT2D eigenvalue weighted by molar-refractivity contribution is 0.288. The molecule has 1 aromatic carbocycles. The van der Waals surface area contributed by atoms with E-state index in [0.717, 1.165) is 38.3 Å². The predicted molar refractivity (Wildman–Crippen MR) is 67.5 cm³/mol. The number of ether oxygens (including phenoxy) is 1. The molecule has 1 aromatic rings. The molecule has 0 fully saturated rings. The number of likely N-dealkylation sites (N-methyl/N-ethyl adjacent to an activating group) is 2. The first-order chi connectivity index (χ1) is 7.81. The number of hydrogen-bond acceptors (Lipinski definition) is 3. The lowest BCUT2D eigenvalue weighted by Gasteiger charge is -2.23. The summed E-state index contributed by atoms with van der Waals surface area (Å²) in [6, 6.07) is 6.49. The molecule has 2 rings (SSSR count). The molecular formula is C13H20N2O. The summed E-state index contributed by atoms with van der Waals surface area (Å²) >= 11 is 0. The fourth-order valence-electron chi connectivity index (χ4n) is 1.99. The van der Waals surface area contributed by atoms with Crippen molar-refractivity contribution >= 4 is 5.69 Å². The molecule has 0 atom stereocenters. The first kappa shape index (κ1) is 11.3. The van der Waals surface area contributed by atoms with Crippen molar-refractivity contribution in [2.75, 3.05) is 38.7 Å². The van der Waals surface area contributed by atoms with Crippen LogP contribution in [0.25, 0.3) is 0 Å². The summed E-state index contributed by atoms with van der Waals surface area (Å²) in [5, 5.41) is 3.16. The second-order valence-corrected chi connectivity index (χ2v) is 4.27. The van der Waals surface area contributed by atoms with Crippen molar-refractivity contribution in [2.24, 2.45) is 0 Å². The third-order valence-electron chi connectivity index (χ3n) is 3.03. The van der Waals surface area contributed by atoms with Crippen LogP contribution in [0.2, 0.25) is 0 Å². The molecule has 1 aliphatic rings. The summed E-state index contributed by atoms with van der Waals surface area (Å²) in [6.07, 6.45) is 2.28. The largest absolute Gasteiger partial charge is 0.493 e. The minimum atomic E-state index is 0.863. The summed E-state index contributed by atoms with van der Waals surface area (Å²) in [4.78, 5) is 2.27. The lowest BCUT2D eigenvalue weighted by Crippen LogP contribution is -2.27. The van der Waals surface area contributed by atoms with E-state index in [2.05, 4.69) is 35.5 Å². The molecule has 0 saturated carbocycles. The Morgan fingerprint density at radius 3 is 3.12 bits per heavy atom. The number of hydrogen-bond donors (Lipinski definition) is 1. The standard InChI is InChI=1S/C13H20N2O/c1-14-7-8-15(2)12-5-6-13-11(10-12)4-3-9-16-13/h5-6,10,14H,3-4,7-9H2,1-2H3. The molecular weight excluding hydrogens is 200 g/mol. The van der Waals surface area contributed by atoms with Gasteiger partial charge in [0.05, 0.1) is 6.61 Å². The maximum atomic E-state index is 5.61. The highest BCUT2D eigenvalue weighted by Gasteiger charge is 2.11. The number of anilines is 1. The van der Waals surface area contributed by atoms with E-state index in [1.54, 1.807) is 0 Å². The highest BCUT2D eigenvalue weighted by molar-refractivity contribution is 5.53. The Labute approximate surface area is 97.4 Å². The van der Waals surface area contributed by atoms with E-state index in [9.17, 15) is 0 Å². The number of nitrogens with one attached hydrogen (secondary N) is 1. The molecule has 0 spiro atoms. The molecule has 0 saturated heterocycles. The van der Waals surface area contributed by atoms with Gasteiger partial charge in [-0.25, -0.2) is 0 Å². The molecule has 0 aliphatic carbocycles. The highest BCUT2D eigenvalue weighted by Crippen LogP contribution is 2.28. The van der Waals surface area contributed by atoms with Crippen LogP contribution in [0, 0.1) is 0 Å².